The Kier molecular flexibility index (Phi) is 5.81. The summed E-state index contributed by atoms with van der Waals surface area (Å²) in [6.07, 6.45) is 2.47. The Hall–Kier alpha value is -0.280. The third-order valence-corrected chi connectivity index (χ3v) is 7.74. The topological polar surface area (TPSA) is 69.6 Å². The van der Waals surface area contributed by atoms with E-state index in [9.17, 15) is 5.11 Å². The SMILES string of the molecule is CCN(CC)C(O)CO[C@H]1O[C@@H]2O[C@@]3(C)CC[C@H]4[C@H](C)CC[C@@H]([C@H]1C)[C@@]24OO3. The van der Waals surface area contributed by atoms with E-state index in [1.54, 1.807) is 0 Å². The molecule has 7 heteroatoms. The zero-order valence-corrected chi connectivity index (χ0v) is 17.9. The van der Waals surface area contributed by atoms with Gasteiger partial charge in [-0.05, 0) is 51.1 Å². The van der Waals surface area contributed by atoms with Gasteiger partial charge in [0.1, 0.15) is 6.23 Å². The number of fused-ring (bicyclic) bond motifs is 2. The molecule has 1 N–H and O–H groups in total. The number of likely N-dealkylation sites (N-methyl/N-ethyl adjacent to an activating group) is 1. The molecule has 0 amide bonds. The molecule has 1 saturated carbocycles. The van der Waals surface area contributed by atoms with Crippen molar-refractivity contribution in [2.45, 2.75) is 90.5 Å². The average Bonchev–Trinajstić information content (AvgIpc) is 2.90. The van der Waals surface area contributed by atoms with E-state index in [4.69, 9.17) is 24.0 Å². The Balaban J connectivity index is 1.54. The molecule has 4 aliphatic heterocycles. The van der Waals surface area contributed by atoms with Gasteiger partial charge in [0.15, 0.2) is 18.2 Å². The third-order valence-electron chi connectivity index (χ3n) is 7.74. The highest BCUT2D eigenvalue weighted by molar-refractivity contribution is 5.09. The fourth-order valence-corrected chi connectivity index (χ4v) is 5.99. The number of aliphatic hydroxyl groups is 1. The molecule has 2 bridgehead atoms. The average molecular weight is 400 g/mol. The first kappa shape index (κ1) is 21.0. The molecule has 9 atom stereocenters. The fraction of sp³-hybridized carbons (Fsp3) is 1.00. The minimum Gasteiger partial charge on any atom is -0.376 e. The van der Waals surface area contributed by atoms with E-state index in [0.29, 0.717) is 11.8 Å². The molecule has 4 saturated heterocycles. The lowest BCUT2D eigenvalue weighted by Crippen LogP contribution is -2.70. The zero-order valence-electron chi connectivity index (χ0n) is 17.9. The highest BCUT2D eigenvalue weighted by Crippen LogP contribution is 2.60. The van der Waals surface area contributed by atoms with E-state index in [1.165, 1.54) is 6.42 Å². The number of nitrogens with zero attached hydrogens (tertiary/aromatic N) is 1. The van der Waals surface area contributed by atoms with E-state index in [0.717, 1.165) is 32.4 Å². The van der Waals surface area contributed by atoms with E-state index >= 15 is 0 Å². The first-order chi connectivity index (χ1) is 13.3. The predicted octanol–water partition coefficient (Wildman–Crippen LogP) is 2.87. The molecule has 0 radical (unpaired) electrons. The monoisotopic (exact) mass is 399 g/mol. The van der Waals surface area contributed by atoms with Crippen LogP contribution in [0.1, 0.15) is 60.3 Å². The van der Waals surface area contributed by atoms with Crippen molar-refractivity contribution in [3.05, 3.63) is 0 Å². The van der Waals surface area contributed by atoms with Crippen LogP contribution in [0.2, 0.25) is 0 Å². The lowest BCUT2D eigenvalue weighted by molar-refractivity contribution is -0.577. The van der Waals surface area contributed by atoms with Gasteiger partial charge in [-0.1, -0.05) is 27.7 Å². The lowest BCUT2D eigenvalue weighted by atomic mass is 9.58. The summed E-state index contributed by atoms with van der Waals surface area (Å²) in [5.41, 5.74) is -0.565. The predicted molar refractivity (Wildman–Crippen MR) is 102 cm³/mol. The summed E-state index contributed by atoms with van der Waals surface area (Å²) in [5.74, 6) is 0.494. The maximum absolute atomic E-state index is 10.4. The Bertz CT molecular complexity index is 559. The summed E-state index contributed by atoms with van der Waals surface area (Å²) in [5, 5.41) is 10.4. The van der Waals surface area contributed by atoms with Gasteiger partial charge >= 0.3 is 0 Å². The van der Waals surface area contributed by atoms with Crippen LogP contribution in [0.5, 0.6) is 0 Å². The summed E-state index contributed by atoms with van der Waals surface area (Å²) in [4.78, 5) is 13.9. The number of aliphatic hydroxyl groups excluding tert-OH is 1. The molecule has 0 aromatic carbocycles. The van der Waals surface area contributed by atoms with E-state index in [1.807, 2.05) is 25.7 Å². The van der Waals surface area contributed by atoms with Crippen LogP contribution in [0.3, 0.4) is 0 Å². The fourth-order valence-electron chi connectivity index (χ4n) is 5.99. The molecule has 5 fully saturated rings. The first-order valence-electron chi connectivity index (χ1n) is 11.1. The highest BCUT2D eigenvalue weighted by atomic mass is 17.3. The molecule has 1 spiro atoms. The second-order valence-electron chi connectivity index (χ2n) is 9.31. The Morgan fingerprint density at radius 1 is 1.11 bits per heavy atom. The number of ether oxygens (including phenoxy) is 3. The van der Waals surface area contributed by atoms with Gasteiger partial charge < -0.3 is 19.3 Å². The zero-order chi connectivity index (χ0) is 20.1. The van der Waals surface area contributed by atoms with Crippen LogP contribution in [-0.2, 0) is 24.0 Å². The molecule has 5 rings (SSSR count). The molecule has 0 aromatic heterocycles. The molecule has 0 aromatic rings. The maximum Gasteiger partial charge on any atom is 0.201 e. The minimum absolute atomic E-state index is 0.129. The van der Waals surface area contributed by atoms with Gasteiger partial charge in [-0.15, -0.1) is 0 Å². The largest absolute Gasteiger partial charge is 0.376 e. The summed E-state index contributed by atoms with van der Waals surface area (Å²) in [7, 11) is 0. The highest BCUT2D eigenvalue weighted by Gasteiger charge is 2.69. The molecule has 1 unspecified atom stereocenters. The van der Waals surface area contributed by atoms with E-state index in [2.05, 4.69) is 13.8 Å². The van der Waals surface area contributed by atoms with Gasteiger partial charge in [-0.3, -0.25) is 4.90 Å². The second-order valence-corrected chi connectivity index (χ2v) is 9.31. The first-order valence-corrected chi connectivity index (χ1v) is 11.1. The molecule has 162 valence electrons. The smallest absolute Gasteiger partial charge is 0.201 e. The third kappa shape index (κ3) is 3.23. The van der Waals surface area contributed by atoms with Crippen LogP contribution in [0, 0.1) is 23.7 Å². The maximum atomic E-state index is 10.4. The van der Waals surface area contributed by atoms with Crippen molar-refractivity contribution < 1.29 is 29.1 Å². The van der Waals surface area contributed by atoms with Gasteiger partial charge in [0, 0.05) is 18.3 Å². The molecule has 7 nitrogen and oxygen atoms in total. The van der Waals surface area contributed by atoms with Crippen molar-refractivity contribution in [3.8, 4) is 0 Å². The van der Waals surface area contributed by atoms with Crippen LogP contribution in [0.25, 0.3) is 0 Å². The van der Waals surface area contributed by atoms with Crippen LogP contribution in [0.15, 0.2) is 0 Å². The van der Waals surface area contributed by atoms with Crippen molar-refractivity contribution in [1.29, 1.82) is 0 Å². The second kappa shape index (κ2) is 7.76. The van der Waals surface area contributed by atoms with Crippen molar-refractivity contribution in [2.75, 3.05) is 19.7 Å². The van der Waals surface area contributed by atoms with E-state index in [-0.39, 0.29) is 18.4 Å². The normalized spacial score (nSPS) is 49.0. The van der Waals surface area contributed by atoms with E-state index < -0.39 is 30.2 Å². The Morgan fingerprint density at radius 2 is 1.86 bits per heavy atom. The van der Waals surface area contributed by atoms with Crippen molar-refractivity contribution in [3.63, 3.8) is 0 Å². The van der Waals surface area contributed by atoms with Gasteiger partial charge in [0.25, 0.3) is 0 Å². The molecular formula is C21H37NO6. The van der Waals surface area contributed by atoms with Gasteiger partial charge in [0.05, 0.1) is 6.61 Å². The molecule has 28 heavy (non-hydrogen) atoms. The molecule has 4 heterocycles. The van der Waals surface area contributed by atoms with Crippen LogP contribution >= 0.6 is 0 Å². The van der Waals surface area contributed by atoms with Crippen molar-refractivity contribution >= 4 is 0 Å². The molecule has 1 aliphatic carbocycles. The van der Waals surface area contributed by atoms with Crippen LogP contribution in [0.4, 0.5) is 0 Å². The standard InChI is InChI=1S/C21H37NO6/c1-6-22(7-2)17(23)12-24-18-14(4)16-9-8-13(3)15-10-11-20(5)26-19(25-18)21(15,16)28-27-20/h13-19,23H,6-12H2,1-5H3/t13-,14-,15+,16+,17?,18+,19-,20-,21-/m1/s1. The van der Waals surface area contributed by atoms with Crippen LogP contribution < -0.4 is 0 Å². The van der Waals surface area contributed by atoms with Gasteiger partial charge in [0.2, 0.25) is 5.79 Å². The summed E-state index contributed by atoms with van der Waals surface area (Å²) < 4.78 is 18.8. The number of hydrogen-bond donors (Lipinski definition) is 1. The van der Waals surface area contributed by atoms with Gasteiger partial charge in [-0.2, -0.15) is 0 Å². The van der Waals surface area contributed by atoms with Crippen LogP contribution in [-0.4, -0.2) is 59.9 Å². The quantitative estimate of drug-likeness (QED) is 0.544. The van der Waals surface area contributed by atoms with Crippen molar-refractivity contribution in [2.24, 2.45) is 23.7 Å². The Morgan fingerprint density at radius 3 is 2.57 bits per heavy atom. The molecular weight excluding hydrogens is 362 g/mol. The van der Waals surface area contributed by atoms with Crippen molar-refractivity contribution in [1.82, 2.24) is 4.90 Å². The minimum atomic E-state index is -0.774. The Labute approximate surface area is 168 Å². The summed E-state index contributed by atoms with van der Waals surface area (Å²) >= 11 is 0. The van der Waals surface area contributed by atoms with Gasteiger partial charge in [-0.25, -0.2) is 9.78 Å². The number of hydrogen-bond acceptors (Lipinski definition) is 7. The number of rotatable bonds is 6. The summed E-state index contributed by atoms with van der Waals surface area (Å²) in [6.45, 7) is 12.3. The lowest BCUT2D eigenvalue weighted by Gasteiger charge is -2.60. The summed E-state index contributed by atoms with van der Waals surface area (Å²) in [6, 6.07) is 0. The molecule has 5 aliphatic rings.